The Bertz CT molecular complexity index is 588. The van der Waals surface area contributed by atoms with Crippen LogP contribution in [0.25, 0.3) is 0 Å². The average molecular weight is 327 g/mol. The van der Waals surface area contributed by atoms with Gasteiger partial charge in [0.25, 0.3) is 0 Å². The van der Waals surface area contributed by atoms with Gasteiger partial charge in [0.15, 0.2) is 0 Å². The predicted octanol–water partition coefficient (Wildman–Crippen LogP) is 3.94. The maximum Gasteiger partial charge on any atom is 0.246 e. The van der Waals surface area contributed by atoms with Crippen molar-refractivity contribution in [3.63, 3.8) is 0 Å². The van der Waals surface area contributed by atoms with Crippen LogP contribution in [-0.4, -0.2) is 32.9 Å². The monoisotopic (exact) mass is 327 g/mol. The second kappa shape index (κ2) is 7.97. The molecule has 1 aromatic rings. The van der Waals surface area contributed by atoms with E-state index in [0.29, 0.717) is 18.8 Å². The fourth-order valence-electron chi connectivity index (χ4n) is 2.65. The van der Waals surface area contributed by atoms with Crippen LogP contribution in [0.4, 0.5) is 0 Å². The summed E-state index contributed by atoms with van der Waals surface area (Å²) in [6, 6.07) is 3.62. The van der Waals surface area contributed by atoms with Crippen LogP contribution in [0.15, 0.2) is 17.0 Å². The summed E-state index contributed by atoms with van der Waals surface area (Å²) in [7, 11) is -2.01. The minimum Gasteiger partial charge on any atom is -0.495 e. The van der Waals surface area contributed by atoms with Crippen LogP contribution in [0.2, 0.25) is 0 Å². The lowest BCUT2D eigenvalue weighted by Gasteiger charge is -2.23. The number of rotatable bonds is 8. The molecule has 1 rings (SSSR count). The molecule has 0 aliphatic heterocycles. The summed E-state index contributed by atoms with van der Waals surface area (Å²) in [4.78, 5) is 0.284. The van der Waals surface area contributed by atoms with Gasteiger partial charge in [0, 0.05) is 13.1 Å². The molecule has 0 aliphatic rings. The lowest BCUT2D eigenvalue weighted by atomic mass is 9.98. The third kappa shape index (κ3) is 4.02. The Balaban J connectivity index is 3.47. The average Bonchev–Trinajstić information content (AvgIpc) is 2.45. The zero-order chi connectivity index (χ0) is 16.9. The molecule has 0 heterocycles. The molecule has 5 heteroatoms. The molecular weight excluding hydrogens is 298 g/mol. The molecule has 0 bridgehead atoms. The number of hydrogen-bond donors (Lipinski definition) is 0. The fraction of sp³-hybridized carbons (Fsp3) is 0.647. The van der Waals surface area contributed by atoms with Crippen LogP contribution in [0.1, 0.15) is 57.6 Å². The largest absolute Gasteiger partial charge is 0.495 e. The fourth-order valence-corrected chi connectivity index (χ4v) is 4.45. The van der Waals surface area contributed by atoms with Gasteiger partial charge < -0.3 is 4.74 Å². The van der Waals surface area contributed by atoms with Gasteiger partial charge in [-0.05, 0) is 48.9 Å². The van der Waals surface area contributed by atoms with E-state index in [-0.39, 0.29) is 10.8 Å². The molecule has 0 aliphatic carbocycles. The second-order valence-corrected chi connectivity index (χ2v) is 7.82. The predicted molar refractivity (Wildman–Crippen MR) is 91.2 cm³/mol. The van der Waals surface area contributed by atoms with E-state index in [1.807, 2.05) is 26.8 Å². The Hall–Kier alpha value is -1.07. The highest BCUT2D eigenvalue weighted by atomic mass is 32.2. The molecule has 0 spiro atoms. The van der Waals surface area contributed by atoms with Gasteiger partial charge >= 0.3 is 0 Å². The van der Waals surface area contributed by atoms with Crippen molar-refractivity contribution >= 4 is 10.0 Å². The van der Waals surface area contributed by atoms with Gasteiger partial charge in [-0.15, -0.1) is 0 Å². The van der Waals surface area contributed by atoms with Gasteiger partial charge in [0.05, 0.1) is 7.11 Å². The Kier molecular flexibility index (Phi) is 6.88. The molecular formula is C17H29NO3S. The highest BCUT2D eigenvalue weighted by Crippen LogP contribution is 2.33. The normalized spacial score (nSPS) is 12.2. The van der Waals surface area contributed by atoms with E-state index in [1.165, 1.54) is 7.11 Å². The van der Waals surface area contributed by atoms with Crippen molar-refractivity contribution in [1.29, 1.82) is 0 Å². The van der Waals surface area contributed by atoms with Crippen molar-refractivity contribution in [1.82, 2.24) is 4.31 Å². The molecule has 126 valence electrons. The molecule has 4 nitrogen and oxygen atoms in total. The van der Waals surface area contributed by atoms with E-state index in [2.05, 4.69) is 13.8 Å². The zero-order valence-electron chi connectivity index (χ0n) is 14.6. The van der Waals surface area contributed by atoms with Gasteiger partial charge in [-0.2, -0.15) is 4.31 Å². The van der Waals surface area contributed by atoms with Crippen LogP contribution < -0.4 is 4.74 Å². The van der Waals surface area contributed by atoms with Crippen molar-refractivity contribution in [3.8, 4) is 5.75 Å². The lowest BCUT2D eigenvalue weighted by Crippen LogP contribution is -2.33. The van der Waals surface area contributed by atoms with Gasteiger partial charge in [-0.1, -0.05) is 27.7 Å². The zero-order valence-corrected chi connectivity index (χ0v) is 15.5. The first-order valence-electron chi connectivity index (χ1n) is 7.98. The summed E-state index contributed by atoms with van der Waals surface area (Å²) >= 11 is 0. The van der Waals surface area contributed by atoms with Crippen LogP contribution in [0.3, 0.4) is 0 Å². The number of sulfonamides is 1. The standard InChI is InChI=1S/C17H29NO3S/c1-7-9-18(10-8-2)22(19,20)17-12-15(13(3)4)14(5)11-16(17)21-6/h11-13H,7-10H2,1-6H3. The quantitative estimate of drug-likeness (QED) is 0.726. The Labute approximate surface area is 135 Å². The summed E-state index contributed by atoms with van der Waals surface area (Å²) in [6.07, 6.45) is 1.59. The Morgan fingerprint density at radius 3 is 2.09 bits per heavy atom. The number of benzene rings is 1. The molecule has 0 N–H and O–H groups in total. The maximum atomic E-state index is 13.0. The molecule has 0 atom stereocenters. The van der Waals surface area contributed by atoms with Crippen molar-refractivity contribution < 1.29 is 13.2 Å². The Morgan fingerprint density at radius 2 is 1.68 bits per heavy atom. The summed E-state index contributed by atoms with van der Waals surface area (Å²) in [6.45, 7) is 11.2. The smallest absolute Gasteiger partial charge is 0.246 e. The summed E-state index contributed by atoms with van der Waals surface area (Å²) in [5.41, 5.74) is 2.11. The topological polar surface area (TPSA) is 46.6 Å². The number of methoxy groups -OCH3 is 1. The number of hydrogen-bond acceptors (Lipinski definition) is 3. The number of aryl methyl sites for hydroxylation is 1. The molecule has 0 aromatic heterocycles. The van der Waals surface area contributed by atoms with Crippen LogP contribution in [0.5, 0.6) is 5.75 Å². The van der Waals surface area contributed by atoms with E-state index in [1.54, 1.807) is 10.4 Å². The SMILES string of the molecule is CCCN(CCC)S(=O)(=O)c1cc(C(C)C)c(C)cc1OC. The first-order chi connectivity index (χ1) is 10.3. The highest BCUT2D eigenvalue weighted by molar-refractivity contribution is 7.89. The molecule has 22 heavy (non-hydrogen) atoms. The van der Waals surface area contributed by atoms with Crippen LogP contribution in [0, 0.1) is 6.92 Å². The number of ether oxygens (including phenoxy) is 1. The summed E-state index contributed by atoms with van der Waals surface area (Å²) in [5.74, 6) is 0.699. The van der Waals surface area contributed by atoms with Crippen molar-refractivity contribution in [2.75, 3.05) is 20.2 Å². The molecule has 0 amide bonds. The lowest BCUT2D eigenvalue weighted by molar-refractivity contribution is 0.387. The third-order valence-corrected chi connectivity index (χ3v) is 5.66. The molecule has 0 radical (unpaired) electrons. The molecule has 0 unspecified atom stereocenters. The van der Waals surface area contributed by atoms with E-state index < -0.39 is 10.0 Å². The van der Waals surface area contributed by atoms with Gasteiger partial charge in [0.1, 0.15) is 10.6 Å². The van der Waals surface area contributed by atoms with Crippen molar-refractivity contribution in [3.05, 3.63) is 23.3 Å². The van der Waals surface area contributed by atoms with Crippen LogP contribution in [-0.2, 0) is 10.0 Å². The van der Waals surface area contributed by atoms with Crippen molar-refractivity contribution in [2.45, 2.75) is 58.3 Å². The summed E-state index contributed by atoms with van der Waals surface area (Å²) in [5, 5.41) is 0. The minimum absolute atomic E-state index is 0.269. The van der Waals surface area contributed by atoms with E-state index >= 15 is 0 Å². The Morgan fingerprint density at radius 1 is 1.14 bits per heavy atom. The number of nitrogens with zero attached hydrogens (tertiary/aromatic N) is 1. The van der Waals surface area contributed by atoms with Gasteiger partial charge in [0.2, 0.25) is 10.0 Å². The van der Waals surface area contributed by atoms with E-state index in [0.717, 1.165) is 24.0 Å². The van der Waals surface area contributed by atoms with Gasteiger partial charge in [-0.3, -0.25) is 0 Å². The van der Waals surface area contributed by atoms with Crippen molar-refractivity contribution in [2.24, 2.45) is 0 Å². The summed E-state index contributed by atoms with van der Waals surface area (Å²) < 4.78 is 33.0. The maximum absolute atomic E-state index is 13.0. The molecule has 0 fully saturated rings. The second-order valence-electron chi connectivity index (χ2n) is 5.92. The first-order valence-corrected chi connectivity index (χ1v) is 9.42. The molecule has 0 saturated carbocycles. The van der Waals surface area contributed by atoms with Gasteiger partial charge in [-0.25, -0.2) is 8.42 Å². The highest BCUT2D eigenvalue weighted by Gasteiger charge is 2.28. The van der Waals surface area contributed by atoms with E-state index in [9.17, 15) is 8.42 Å². The third-order valence-electron chi connectivity index (χ3n) is 3.74. The molecule has 0 saturated heterocycles. The van der Waals surface area contributed by atoms with E-state index in [4.69, 9.17) is 4.74 Å². The van der Waals surface area contributed by atoms with Crippen LogP contribution >= 0.6 is 0 Å². The first kappa shape index (κ1) is 19.0. The minimum atomic E-state index is -3.53. The molecule has 1 aromatic carbocycles.